The van der Waals surface area contributed by atoms with E-state index in [0.717, 1.165) is 25.3 Å². The molecule has 1 aromatic carbocycles. The highest BCUT2D eigenvalue weighted by molar-refractivity contribution is 5.49. The Balaban J connectivity index is 1.87. The summed E-state index contributed by atoms with van der Waals surface area (Å²) in [5.74, 6) is 1.99. The standard InChI is InChI=1S/C15H18N4O/c1-20-10-14-17-13(16)8-15(18-14)19-7-6-11-4-2-3-5-12(11)9-19/h2-5,8H,6-7,9-10H2,1H3,(H2,16,17,18). The number of nitrogens with two attached hydrogens (primary N) is 1. The van der Waals surface area contributed by atoms with Crippen molar-refractivity contribution in [1.82, 2.24) is 9.97 Å². The number of nitrogen functional groups attached to an aromatic ring is 1. The van der Waals surface area contributed by atoms with Gasteiger partial charge in [-0.3, -0.25) is 0 Å². The second-order valence-electron chi connectivity index (χ2n) is 4.94. The molecule has 104 valence electrons. The van der Waals surface area contributed by atoms with Crippen LogP contribution in [0.15, 0.2) is 30.3 Å². The Morgan fingerprint density at radius 1 is 1.25 bits per heavy atom. The lowest BCUT2D eigenvalue weighted by molar-refractivity contribution is 0.178. The van der Waals surface area contributed by atoms with E-state index in [1.54, 1.807) is 7.11 Å². The number of nitrogens with zero attached hydrogens (tertiary/aromatic N) is 3. The molecule has 0 aliphatic carbocycles. The van der Waals surface area contributed by atoms with Crippen LogP contribution < -0.4 is 10.6 Å². The fraction of sp³-hybridized carbons (Fsp3) is 0.333. The topological polar surface area (TPSA) is 64.3 Å². The van der Waals surface area contributed by atoms with Gasteiger partial charge in [-0.1, -0.05) is 24.3 Å². The van der Waals surface area contributed by atoms with Crippen LogP contribution in [0.3, 0.4) is 0 Å². The predicted molar refractivity (Wildman–Crippen MR) is 78.4 cm³/mol. The maximum atomic E-state index is 5.86. The molecule has 0 spiro atoms. The molecule has 0 bridgehead atoms. The zero-order valence-corrected chi connectivity index (χ0v) is 11.5. The number of rotatable bonds is 3. The molecule has 5 nitrogen and oxygen atoms in total. The van der Waals surface area contributed by atoms with Gasteiger partial charge in [0.2, 0.25) is 0 Å². The minimum Gasteiger partial charge on any atom is -0.384 e. The van der Waals surface area contributed by atoms with Crippen LogP contribution in [0.25, 0.3) is 0 Å². The van der Waals surface area contributed by atoms with E-state index in [9.17, 15) is 0 Å². The summed E-state index contributed by atoms with van der Waals surface area (Å²) in [7, 11) is 1.63. The Morgan fingerprint density at radius 2 is 2.05 bits per heavy atom. The summed E-state index contributed by atoms with van der Waals surface area (Å²) in [4.78, 5) is 10.9. The van der Waals surface area contributed by atoms with E-state index in [2.05, 4.69) is 39.1 Å². The molecular weight excluding hydrogens is 252 g/mol. The Labute approximate surface area is 118 Å². The third-order valence-electron chi connectivity index (χ3n) is 3.51. The van der Waals surface area contributed by atoms with Crippen molar-refractivity contribution >= 4 is 11.6 Å². The van der Waals surface area contributed by atoms with E-state index in [4.69, 9.17) is 10.5 Å². The van der Waals surface area contributed by atoms with Crippen molar-refractivity contribution in [1.29, 1.82) is 0 Å². The summed E-state index contributed by atoms with van der Waals surface area (Å²) in [5.41, 5.74) is 8.63. The molecule has 0 saturated carbocycles. The third kappa shape index (κ3) is 2.58. The summed E-state index contributed by atoms with van der Waals surface area (Å²) in [5, 5.41) is 0. The molecule has 3 rings (SSSR count). The number of anilines is 2. The molecule has 0 fully saturated rings. The van der Waals surface area contributed by atoms with Crippen LogP contribution in [-0.2, 0) is 24.3 Å². The second kappa shape index (κ2) is 5.46. The molecule has 0 radical (unpaired) electrons. The molecule has 1 aromatic heterocycles. The molecule has 0 amide bonds. The maximum absolute atomic E-state index is 5.86. The summed E-state index contributed by atoms with van der Waals surface area (Å²) in [6.45, 7) is 2.18. The first-order valence-electron chi connectivity index (χ1n) is 6.70. The van der Waals surface area contributed by atoms with Crippen LogP contribution in [0.4, 0.5) is 11.6 Å². The Hall–Kier alpha value is -2.14. The Morgan fingerprint density at radius 3 is 2.85 bits per heavy atom. The van der Waals surface area contributed by atoms with Crippen molar-refractivity contribution < 1.29 is 4.74 Å². The van der Waals surface area contributed by atoms with Crippen LogP contribution in [0, 0.1) is 0 Å². The lowest BCUT2D eigenvalue weighted by atomic mass is 10.00. The van der Waals surface area contributed by atoms with Gasteiger partial charge in [0.25, 0.3) is 0 Å². The Kier molecular flexibility index (Phi) is 3.52. The Bertz CT molecular complexity index is 615. The van der Waals surface area contributed by atoms with Crippen LogP contribution in [-0.4, -0.2) is 23.6 Å². The van der Waals surface area contributed by atoms with Gasteiger partial charge in [-0.2, -0.15) is 0 Å². The monoisotopic (exact) mass is 270 g/mol. The number of benzene rings is 1. The van der Waals surface area contributed by atoms with Crippen LogP contribution in [0.2, 0.25) is 0 Å². The van der Waals surface area contributed by atoms with E-state index in [-0.39, 0.29) is 0 Å². The molecule has 1 aliphatic rings. The number of ether oxygens (including phenoxy) is 1. The smallest absolute Gasteiger partial charge is 0.158 e. The van der Waals surface area contributed by atoms with Crippen LogP contribution >= 0.6 is 0 Å². The molecule has 0 unspecified atom stereocenters. The van der Waals surface area contributed by atoms with Crippen molar-refractivity contribution in [2.75, 3.05) is 24.3 Å². The van der Waals surface area contributed by atoms with Gasteiger partial charge in [0.15, 0.2) is 5.82 Å². The summed E-state index contributed by atoms with van der Waals surface area (Å²) >= 11 is 0. The zero-order valence-electron chi connectivity index (χ0n) is 11.5. The highest BCUT2D eigenvalue weighted by Crippen LogP contribution is 2.24. The molecule has 2 heterocycles. The number of methoxy groups -OCH3 is 1. The molecule has 1 aliphatic heterocycles. The fourth-order valence-electron chi connectivity index (χ4n) is 2.55. The number of hydrogen-bond donors (Lipinski definition) is 1. The number of aromatic nitrogens is 2. The van der Waals surface area contributed by atoms with E-state index in [1.807, 2.05) is 6.07 Å². The van der Waals surface area contributed by atoms with Gasteiger partial charge in [0.05, 0.1) is 0 Å². The minimum atomic E-state index is 0.377. The third-order valence-corrected chi connectivity index (χ3v) is 3.51. The summed E-state index contributed by atoms with van der Waals surface area (Å²) < 4.78 is 5.08. The molecule has 0 saturated heterocycles. The normalized spacial score (nSPS) is 14.2. The number of hydrogen-bond acceptors (Lipinski definition) is 5. The fourth-order valence-corrected chi connectivity index (χ4v) is 2.55. The van der Waals surface area contributed by atoms with Gasteiger partial charge in [-0.05, 0) is 17.5 Å². The van der Waals surface area contributed by atoms with Crippen LogP contribution in [0.5, 0.6) is 0 Å². The first-order valence-corrected chi connectivity index (χ1v) is 6.70. The van der Waals surface area contributed by atoms with Crippen molar-refractivity contribution in [2.24, 2.45) is 0 Å². The first-order chi connectivity index (χ1) is 9.76. The predicted octanol–water partition coefficient (Wildman–Crippen LogP) is 1.77. The zero-order chi connectivity index (χ0) is 13.9. The van der Waals surface area contributed by atoms with Crippen molar-refractivity contribution in [3.8, 4) is 0 Å². The minimum absolute atomic E-state index is 0.377. The summed E-state index contributed by atoms with van der Waals surface area (Å²) in [6.07, 6.45) is 1.03. The molecule has 5 heteroatoms. The van der Waals surface area contributed by atoms with E-state index in [1.165, 1.54) is 11.1 Å². The van der Waals surface area contributed by atoms with Crippen molar-refractivity contribution in [3.05, 3.63) is 47.3 Å². The molecular formula is C15H18N4O. The number of fused-ring (bicyclic) bond motifs is 1. The largest absolute Gasteiger partial charge is 0.384 e. The highest BCUT2D eigenvalue weighted by Gasteiger charge is 2.18. The average Bonchev–Trinajstić information content (AvgIpc) is 2.46. The SMILES string of the molecule is COCc1nc(N)cc(N2CCc3ccccc3C2)n1. The highest BCUT2D eigenvalue weighted by atomic mass is 16.5. The maximum Gasteiger partial charge on any atom is 0.158 e. The van der Waals surface area contributed by atoms with Crippen LogP contribution in [0.1, 0.15) is 17.0 Å². The molecule has 2 N–H and O–H groups in total. The van der Waals surface area contributed by atoms with Gasteiger partial charge in [0.1, 0.15) is 18.2 Å². The molecule has 2 aromatic rings. The van der Waals surface area contributed by atoms with Gasteiger partial charge < -0.3 is 15.4 Å². The lowest BCUT2D eigenvalue weighted by Gasteiger charge is -2.30. The van der Waals surface area contributed by atoms with E-state index < -0.39 is 0 Å². The van der Waals surface area contributed by atoms with Crippen molar-refractivity contribution in [3.63, 3.8) is 0 Å². The molecule has 20 heavy (non-hydrogen) atoms. The van der Waals surface area contributed by atoms with E-state index in [0.29, 0.717) is 18.2 Å². The van der Waals surface area contributed by atoms with Gasteiger partial charge in [0, 0.05) is 26.3 Å². The quantitative estimate of drug-likeness (QED) is 0.920. The second-order valence-corrected chi connectivity index (χ2v) is 4.94. The van der Waals surface area contributed by atoms with Crippen molar-refractivity contribution in [2.45, 2.75) is 19.6 Å². The average molecular weight is 270 g/mol. The van der Waals surface area contributed by atoms with Gasteiger partial charge in [-0.15, -0.1) is 0 Å². The van der Waals surface area contributed by atoms with Gasteiger partial charge >= 0.3 is 0 Å². The first kappa shape index (κ1) is 12.9. The lowest BCUT2D eigenvalue weighted by Crippen LogP contribution is -2.31. The van der Waals surface area contributed by atoms with E-state index >= 15 is 0 Å². The summed E-state index contributed by atoms with van der Waals surface area (Å²) in [6, 6.07) is 10.4. The van der Waals surface area contributed by atoms with Gasteiger partial charge in [-0.25, -0.2) is 9.97 Å². The molecule has 0 atom stereocenters.